The maximum absolute atomic E-state index is 11.7. The van der Waals surface area contributed by atoms with Gasteiger partial charge in [-0.15, -0.1) is 0 Å². The van der Waals surface area contributed by atoms with Gasteiger partial charge in [0, 0.05) is 19.3 Å². The molecule has 110 valence electrons. The number of rotatable bonds is 5. The standard InChI is InChI=1S/C13H18N2O5/c1-13(2,20-3)7-14-12(19)15-8-4-5-10(16)9(6-8)11(17)18/h4-6,16H,7H2,1-3H3,(H,17,18)(H2,14,15,19). The molecule has 0 atom stereocenters. The third-order valence-corrected chi connectivity index (χ3v) is 2.71. The molecule has 0 unspecified atom stereocenters. The molecule has 0 saturated carbocycles. The van der Waals surface area contributed by atoms with Crippen LogP contribution in [-0.4, -0.2) is 41.5 Å². The van der Waals surface area contributed by atoms with Crippen molar-refractivity contribution in [2.24, 2.45) is 0 Å². The second kappa shape index (κ2) is 6.25. The van der Waals surface area contributed by atoms with E-state index < -0.39 is 17.6 Å². The summed E-state index contributed by atoms with van der Waals surface area (Å²) in [6.45, 7) is 3.92. The number of anilines is 1. The van der Waals surface area contributed by atoms with Gasteiger partial charge in [0.1, 0.15) is 11.3 Å². The molecule has 2 amide bonds. The van der Waals surface area contributed by atoms with E-state index in [9.17, 15) is 14.7 Å². The summed E-state index contributed by atoms with van der Waals surface area (Å²) in [5.74, 6) is -1.63. The van der Waals surface area contributed by atoms with E-state index in [0.717, 1.165) is 0 Å². The Morgan fingerprint density at radius 2 is 2.00 bits per heavy atom. The van der Waals surface area contributed by atoms with Gasteiger partial charge in [-0.05, 0) is 32.0 Å². The second-order valence-corrected chi connectivity index (χ2v) is 4.81. The van der Waals surface area contributed by atoms with Crippen LogP contribution >= 0.6 is 0 Å². The summed E-state index contributed by atoms with van der Waals surface area (Å²) in [6, 6.07) is 3.30. The highest BCUT2D eigenvalue weighted by Crippen LogP contribution is 2.21. The van der Waals surface area contributed by atoms with Gasteiger partial charge in [0.25, 0.3) is 0 Å². The number of hydrogen-bond acceptors (Lipinski definition) is 4. The molecule has 0 radical (unpaired) electrons. The Labute approximate surface area is 116 Å². The van der Waals surface area contributed by atoms with Gasteiger partial charge >= 0.3 is 12.0 Å². The second-order valence-electron chi connectivity index (χ2n) is 4.81. The van der Waals surface area contributed by atoms with Crippen molar-refractivity contribution in [3.05, 3.63) is 23.8 Å². The van der Waals surface area contributed by atoms with Gasteiger partial charge in [0.2, 0.25) is 0 Å². The first-order chi connectivity index (χ1) is 9.25. The zero-order valence-electron chi connectivity index (χ0n) is 11.6. The first-order valence-electron chi connectivity index (χ1n) is 5.91. The van der Waals surface area contributed by atoms with Crippen molar-refractivity contribution >= 4 is 17.7 Å². The Morgan fingerprint density at radius 1 is 1.35 bits per heavy atom. The molecular weight excluding hydrogens is 264 g/mol. The average molecular weight is 282 g/mol. The number of carbonyl (C=O) groups is 2. The van der Waals surface area contributed by atoms with Crippen molar-refractivity contribution in [2.45, 2.75) is 19.4 Å². The Balaban J connectivity index is 2.67. The van der Waals surface area contributed by atoms with Gasteiger partial charge in [-0.25, -0.2) is 9.59 Å². The maximum Gasteiger partial charge on any atom is 0.339 e. The normalized spacial score (nSPS) is 10.9. The molecule has 1 aromatic carbocycles. The van der Waals surface area contributed by atoms with E-state index in [-0.39, 0.29) is 17.0 Å². The molecule has 0 aromatic heterocycles. The van der Waals surface area contributed by atoms with Crippen LogP contribution in [0.5, 0.6) is 5.75 Å². The monoisotopic (exact) mass is 282 g/mol. The van der Waals surface area contributed by atoms with E-state index in [1.807, 2.05) is 13.8 Å². The van der Waals surface area contributed by atoms with E-state index in [0.29, 0.717) is 6.54 Å². The lowest BCUT2D eigenvalue weighted by molar-refractivity contribution is 0.0257. The summed E-state index contributed by atoms with van der Waals surface area (Å²) >= 11 is 0. The van der Waals surface area contributed by atoms with Gasteiger partial charge in [-0.1, -0.05) is 0 Å². The van der Waals surface area contributed by atoms with Crippen molar-refractivity contribution < 1.29 is 24.5 Å². The van der Waals surface area contributed by atoms with Gasteiger partial charge < -0.3 is 25.6 Å². The minimum atomic E-state index is -1.27. The number of amides is 2. The minimum Gasteiger partial charge on any atom is -0.507 e. The van der Waals surface area contributed by atoms with Crippen LogP contribution in [-0.2, 0) is 4.74 Å². The maximum atomic E-state index is 11.7. The summed E-state index contributed by atoms with van der Waals surface area (Å²) in [7, 11) is 1.54. The third-order valence-electron chi connectivity index (χ3n) is 2.71. The number of aromatic carboxylic acids is 1. The van der Waals surface area contributed by atoms with E-state index in [4.69, 9.17) is 9.84 Å². The summed E-state index contributed by atoms with van der Waals surface area (Å²) in [6.07, 6.45) is 0. The van der Waals surface area contributed by atoms with Crippen molar-refractivity contribution in [3.63, 3.8) is 0 Å². The highest BCUT2D eigenvalue weighted by molar-refractivity contribution is 5.95. The molecule has 4 N–H and O–H groups in total. The van der Waals surface area contributed by atoms with Gasteiger partial charge in [0.15, 0.2) is 0 Å². The number of methoxy groups -OCH3 is 1. The molecule has 20 heavy (non-hydrogen) atoms. The number of hydrogen-bond donors (Lipinski definition) is 4. The Bertz CT molecular complexity index is 513. The number of carbonyl (C=O) groups excluding carboxylic acids is 1. The summed E-state index contributed by atoms with van der Waals surface area (Å²) in [4.78, 5) is 22.5. The van der Waals surface area contributed by atoms with Gasteiger partial charge in [-0.2, -0.15) is 0 Å². The third kappa shape index (κ3) is 4.43. The quantitative estimate of drug-likeness (QED) is 0.614. The number of phenols is 1. The van der Waals surface area contributed by atoms with Crippen LogP contribution in [0.25, 0.3) is 0 Å². The smallest absolute Gasteiger partial charge is 0.339 e. The highest BCUT2D eigenvalue weighted by atomic mass is 16.5. The van der Waals surface area contributed by atoms with Crippen LogP contribution in [0.2, 0.25) is 0 Å². The lowest BCUT2D eigenvalue weighted by atomic mass is 10.1. The van der Waals surface area contributed by atoms with Crippen LogP contribution in [0.3, 0.4) is 0 Å². The topological polar surface area (TPSA) is 108 Å². The minimum absolute atomic E-state index is 0.271. The van der Waals surface area contributed by atoms with Crippen LogP contribution in [0.15, 0.2) is 18.2 Å². The van der Waals surface area contributed by atoms with E-state index in [2.05, 4.69) is 10.6 Å². The average Bonchev–Trinajstić information content (AvgIpc) is 2.38. The molecule has 0 aliphatic heterocycles. The number of urea groups is 1. The number of aromatic hydroxyl groups is 1. The Hall–Kier alpha value is -2.28. The molecule has 0 spiro atoms. The van der Waals surface area contributed by atoms with Crippen molar-refractivity contribution in [2.75, 3.05) is 19.0 Å². The number of benzene rings is 1. The molecule has 0 bridgehead atoms. The van der Waals surface area contributed by atoms with Gasteiger partial charge in [0.05, 0.1) is 5.60 Å². The van der Waals surface area contributed by atoms with Crippen LogP contribution in [0.1, 0.15) is 24.2 Å². The molecule has 7 nitrogen and oxygen atoms in total. The number of ether oxygens (including phenoxy) is 1. The highest BCUT2D eigenvalue weighted by Gasteiger charge is 2.17. The van der Waals surface area contributed by atoms with Gasteiger partial charge in [-0.3, -0.25) is 0 Å². The molecule has 7 heteroatoms. The van der Waals surface area contributed by atoms with Crippen LogP contribution < -0.4 is 10.6 Å². The Morgan fingerprint density at radius 3 is 2.55 bits per heavy atom. The van der Waals surface area contributed by atoms with Crippen LogP contribution in [0, 0.1) is 0 Å². The fourth-order valence-electron chi connectivity index (χ4n) is 1.33. The van der Waals surface area contributed by atoms with E-state index in [1.165, 1.54) is 18.2 Å². The zero-order valence-corrected chi connectivity index (χ0v) is 11.6. The van der Waals surface area contributed by atoms with Crippen molar-refractivity contribution in [3.8, 4) is 5.75 Å². The van der Waals surface area contributed by atoms with E-state index in [1.54, 1.807) is 7.11 Å². The van der Waals surface area contributed by atoms with Crippen molar-refractivity contribution in [1.82, 2.24) is 5.32 Å². The molecule has 1 aromatic rings. The molecule has 1 rings (SSSR count). The molecule has 0 saturated heterocycles. The van der Waals surface area contributed by atoms with E-state index >= 15 is 0 Å². The summed E-state index contributed by atoms with van der Waals surface area (Å²) in [5.41, 5.74) is -0.508. The predicted octanol–water partition coefficient (Wildman–Crippen LogP) is 1.64. The summed E-state index contributed by atoms with van der Waals surface area (Å²) < 4.78 is 5.15. The first-order valence-corrected chi connectivity index (χ1v) is 5.91. The Kier molecular flexibility index (Phi) is 4.93. The first kappa shape index (κ1) is 15.8. The molecule has 0 heterocycles. The zero-order chi connectivity index (χ0) is 15.3. The lowest BCUT2D eigenvalue weighted by Crippen LogP contribution is -2.41. The number of carboxylic acids is 1. The number of nitrogens with one attached hydrogen (secondary N) is 2. The SMILES string of the molecule is COC(C)(C)CNC(=O)Nc1ccc(O)c(C(=O)O)c1. The molecular formula is C13H18N2O5. The largest absolute Gasteiger partial charge is 0.507 e. The fourth-order valence-corrected chi connectivity index (χ4v) is 1.33. The lowest BCUT2D eigenvalue weighted by Gasteiger charge is -2.23. The molecule has 0 aliphatic rings. The molecule has 0 fully saturated rings. The predicted molar refractivity (Wildman–Crippen MR) is 73.2 cm³/mol. The summed E-state index contributed by atoms with van der Waals surface area (Å²) in [5, 5.41) is 23.3. The van der Waals surface area contributed by atoms with Crippen molar-refractivity contribution in [1.29, 1.82) is 0 Å². The fraction of sp³-hybridized carbons (Fsp3) is 0.385. The van der Waals surface area contributed by atoms with Crippen LogP contribution in [0.4, 0.5) is 10.5 Å². The number of carboxylic acid groups (broad SMARTS) is 1. The molecule has 0 aliphatic carbocycles.